The number of nitrogens with one attached hydrogen (secondary N) is 2. The molecule has 37 heavy (non-hydrogen) atoms. The normalized spacial score (nSPS) is 17.5. The van der Waals surface area contributed by atoms with Gasteiger partial charge in [0, 0.05) is 27.5 Å². The summed E-state index contributed by atoms with van der Waals surface area (Å²) in [7, 11) is 0. The smallest absolute Gasteiger partial charge is 0.143 e. The Kier molecular flexibility index (Phi) is 5.30. The quantitative estimate of drug-likeness (QED) is 0.274. The van der Waals surface area contributed by atoms with Gasteiger partial charge in [-0.05, 0) is 17.2 Å². The highest BCUT2D eigenvalue weighted by molar-refractivity contribution is 6.11. The van der Waals surface area contributed by atoms with Crippen molar-refractivity contribution >= 4 is 27.8 Å². The van der Waals surface area contributed by atoms with E-state index in [2.05, 4.69) is 108 Å². The first-order valence-electron chi connectivity index (χ1n) is 12.6. The third kappa shape index (κ3) is 3.88. The lowest BCUT2D eigenvalue weighted by molar-refractivity contribution is 0.411. The van der Waals surface area contributed by atoms with E-state index in [1.54, 1.807) is 0 Å². The average molecular weight is 480 g/mol. The van der Waals surface area contributed by atoms with Crippen molar-refractivity contribution in [3.8, 4) is 11.1 Å². The number of fused-ring (bicyclic) bond motifs is 3. The van der Waals surface area contributed by atoms with E-state index in [9.17, 15) is 0 Å². The Morgan fingerprint density at radius 2 is 1.30 bits per heavy atom. The number of hydrogen-bond donors (Lipinski definition) is 2. The molecule has 2 N–H and O–H groups in total. The van der Waals surface area contributed by atoms with Crippen LogP contribution < -0.4 is 10.6 Å². The Morgan fingerprint density at radius 3 is 2.05 bits per heavy atom. The summed E-state index contributed by atoms with van der Waals surface area (Å²) in [6.45, 7) is 0. The second-order valence-electron chi connectivity index (χ2n) is 9.27. The molecular formula is C33H25N3O. The summed E-state index contributed by atoms with van der Waals surface area (Å²) in [5.41, 5.74) is 7.33. The summed E-state index contributed by atoms with van der Waals surface area (Å²) in [4.78, 5) is 5.05. The molecule has 0 saturated heterocycles. The molecule has 178 valence electrons. The molecule has 1 aliphatic heterocycles. The average Bonchev–Trinajstić information content (AvgIpc) is 3.37. The van der Waals surface area contributed by atoms with E-state index in [-0.39, 0.29) is 12.3 Å². The van der Waals surface area contributed by atoms with Crippen LogP contribution in [-0.2, 0) is 0 Å². The van der Waals surface area contributed by atoms with E-state index in [1.165, 1.54) is 0 Å². The van der Waals surface area contributed by atoms with Gasteiger partial charge in [-0.3, -0.25) is 5.32 Å². The fraction of sp³-hybridized carbons (Fsp3) is 0.0606. The van der Waals surface area contributed by atoms with Crippen LogP contribution in [0.4, 0.5) is 0 Å². The van der Waals surface area contributed by atoms with E-state index in [0.717, 1.165) is 55.6 Å². The maximum absolute atomic E-state index is 6.51. The first-order chi connectivity index (χ1) is 18.3. The Hall–Kier alpha value is -4.67. The maximum atomic E-state index is 6.51. The second kappa shape index (κ2) is 9.08. The number of benzene rings is 5. The number of rotatable bonds is 4. The minimum absolute atomic E-state index is 0.164. The monoisotopic (exact) mass is 479 g/mol. The van der Waals surface area contributed by atoms with Crippen molar-refractivity contribution in [2.75, 3.05) is 0 Å². The van der Waals surface area contributed by atoms with Crippen LogP contribution in [0.25, 0.3) is 33.1 Å². The van der Waals surface area contributed by atoms with Crippen LogP contribution >= 0.6 is 0 Å². The van der Waals surface area contributed by atoms with Crippen LogP contribution in [0.15, 0.2) is 137 Å². The number of para-hydroxylation sites is 1. The van der Waals surface area contributed by atoms with Crippen molar-refractivity contribution in [1.29, 1.82) is 0 Å². The van der Waals surface area contributed by atoms with Gasteiger partial charge in [0.15, 0.2) is 0 Å². The fourth-order valence-electron chi connectivity index (χ4n) is 5.23. The minimum atomic E-state index is -0.184. The predicted molar refractivity (Wildman–Crippen MR) is 150 cm³/mol. The summed E-state index contributed by atoms with van der Waals surface area (Å²) in [5, 5.41) is 9.63. The molecule has 7 rings (SSSR count). The fourth-order valence-corrected chi connectivity index (χ4v) is 5.23. The third-order valence-corrected chi connectivity index (χ3v) is 6.98. The number of aliphatic imine (C=N–C) groups is 1. The molecule has 6 aromatic rings. The lowest BCUT2D eigenvalue weighted by Crippen LogP contribution is -2.45. The van der Waals surface area contributed by atoms with Gasteiger partial charge < -0.3 is 9.73 Å². The van der Waals surface area contributed by atoms with Crippen molar-refractivity contribution in [2.24, 2.45) is 4.99 Å². The van der Waals surface area contributed by atoms with Crippen molar-refractivity contribution in [3.05, 3.63) is 144 Å². The van der Waals surface area contributed by atoms with Crippen LogP contribution in [-0.4, -0.2) is 5.84 Å². The summed E-state index contributed by atoms with van der Waals surface area (Å²) in [6, 6.07) is 43.8. The van der Waals surface area contributed by atoms with Gasteiger partial charge in [-0.25, -0.2) is 4.99 Å². The number of amidine groups is 1. The molecule has 0 aliphatic carbocycles. The molecule has 2 atom stereocenters. The Morgan fingerprint density at radius 1 is 0.622 bits per heavy atom. The molecule has 0 amide bonds. The number of hydrogen-bond acceptors (Lipinski definition) is 4. The van der Waals surface area contributed by atoms with Gasteiger partial charge in [0.25, 0.3) is 0 Å². The molecule has 2 heterocycles. The standard InChI is InChI=1S/C33H25N3O/c1-4-12-22(13-5-1)25-18-10-19-26-29-27(20-11-21-28(29)37-30(25)26)33-35-31(23-14-6-2-7-15-23)34-32(36-33)24-16-8-3-9-17-24/h1-21,31,33,35H,(H,34,36). The van der Waals surface area contributed by atoms with Crippen LogP contribution in [0.1, 0.15) is 29.0 Å². The molecule has 0 bridgehead atoms. The summed E-state index contributed by atoms with van der Waals surface area (Å²) in [6.07, 6.45) is -0.348. The van der Waals surface area contributed by atoms with Gasteiger partial charge in [0.1, 0.15) is 29.3 Å². The zero-order valence-electron chi connectivity index (χ0n) is 20.1. The molecular weight excluding hydrogens is 454 g/mol. The molecule has 5 aromatic carbocycles. The Labute approximate surface area is 215 Å². The van der Waals surface area contributed by atoms with Crippen molar-refractivity contribution in [1.82, 2.24) is 10.6 Å². The van der Waals surface area contributed by atoms with E-state index in [4.69, 9.17) is 9.41 Å². The van der Waals surface area contributed by atoms with E-state index in [0.29, 0.717) is 0 Å². The lowest BCUT2D eigenvalue weighted by atomic mass is 9.99. The van der Waals surface area contributed by atoms with Gasteiger partial charge in [-0.15, -0.1) is 0 Å². The SMILES string of the molecule is c1ccc(C2=NC(c3ccccc3)NC(c3cccc4oc5c(-c6ccccc6)cccc5c34)N2)cc1. The molecule has 0 radical (unpaired) electrons. The van der Waals surface area contributed by atoms with E-state index in [1.807, 2.05) is 30.3 Å². The molecule has 1 aromatic heterocycles. The first-order valence-corrected chi connectivity index (χ1v) is 12.6. The molecule has 0 spiro atoms. The van der Waals surface area contributed by atoms with Gasteiger partial charge in [0.05, 0.1) is 0 Å². The molecule has 2 unspecified atom stereocenters. The number of furan rings is 1. The molecule has 0 fully saturated rings. The van der Waals surface area contributed by atoms with Crippen molar-refractivity contribution in [2.45, 2.75) is 12.3 Å². The van der Waals surface area contributed by atoms with Crippen LogP contribution in [0.5, 0.6) is 0 Å². The first kappa shape index (κ1) is 21.6. The highest BCUT2D eigenvalue weighted by atomic mass is 16.3. The van der Waals surface area contributed by atoms with Crippen LogP contribution in [0, 0.1) is 0 Å². The maximum Gasteiger partial charge on any atom is 0.143 e. The van der Waals surface area contributed by atoms with Gasteiger partial charge >= 0.3 is 0 Å². The molecule has 1 aliphatic rings. The van der Waals surface area contributed by atoms with Crippen LogP contribution in [0.2, 0.25) is 0 Å². The molecule has 4 heteroatoms. The lowest BCUT2D eigenvalue weighted by Gasteiger charge is -2.32. The highest BCUT2D eigenvalue weighted by Crippen LogP contribution is 2.39. The van der Waals surface area contributed by atoms with Crippen LogP contribution in [0.3, 0.4) is 0 Å². The summed E-state index contributed by atoms with van der Waals surface area (Å²) < 4.78 is 6.51. The summed E-state index contributed by atoms with van der Waals surface area (Å²) in [5.74, 6) is 0.869. The van der Waals surface area contributed by atoms with Gasteiger partial charge in [-0.2, -0.15) is 0 Å². The minimum Gasteiger partial charge on any atom is -0.455 e. The third-order valence-electron chi connectivity index (χ3n) is 6.98. The van der Waals surface area contributed by atoms with Crippen molar-refractivity contribution in [3.63, 3.8) is 0 Å². The zero-order valence-corrected chi connectivity index (χ0v) is 20.1. The Balaban J connectivity index is 1.39. The van der Waals surface area contributed by atoms with Crippen molar-refractivity contribution < 1.29 is 4.42 Å². The molecule has 4 nitrogen and oxygen atoms in total. The largest absolute Gasteiger partial charge is 0.455 e. The zero-order chi connectivity index (χ0) is 24.6. The topological polar surface area (TPSA) is 49.6 Å². The highest BCUT2D eigenvalue weighted by Gasteiger charge is 2.28. The van der Waals surface area contributed by atoms with Gasteiger partial charge in [-0.1, -0.05) is 121 Å². The van der Waals surface area contributed by atoms with E-state index >= 15 is 0 Å². The summed E-state index contributed by atoms with van der Waals surface area (Å²) >= 11 is 0. The Bertz CT molecular complexity index is 1720. The number of nitrogens with zero attached hydrogens (tertiary/aromatic N) is 1. The van der Waals surface area contributed by atoms with Gasteiger partial charge in [0.2, 0.25) is 0 Å². The van der Waals surface area contributed by atoms with E-state index < -0.39 is 0 Å². The second-order valence-corrected chi connectivity index (χ2v) is 9.27. The molecule has 0 saturated carbocycles. The predicted octanol–water partition coefficient (Wildman–Crippen LogP) is 7.59.